The SMILES string of the molecule is CN(C(=O)C1Cc2ccccc2C(=O)O1)C1CCc2ccccc21. The van der Waals surface area contributed by atoms with Gasteiger partial charge in [0.25, 0.3) is 5.91 Å². The van der Waals surface area contributed by atoms with Gasteiger partial charge in [-0.1, -0.05) is 42.5 Å². The zero-order chi connectivity index (χ0) is 16.7. The monoisotopic (exact) mass is 321 g/mol. The van der Waals surface area contributed by atoms with Crippen LogP contribution in [-0.2, 0) is 22.4 Å². The highest BCUT2D eigenvalue weighted by molar-refractivity contribution is 5.95. The lowest BCUT2D eigenvalue weighted by Crippen LogP contribution is -2.43. The van der Waals surface area contributed by atoms with Gasteiger partial charge in [-0.3, -0.25) is 4.79 Å². The van der Waals surface area contributed by atoms with Crippen molar-refractivity contribution >= 4 is 11.9 Å². The number of hydrogen-bond donors (Lipinski definition) is 0. The molecule has 1 heterocycles. The van der Waals surface area contributed by atoms with Crippen molar-refractivity contribution in [3.8, 4) is 0 Å². The summed E-state index contributed by atoms with van der Waals surface area (Å²) in [5, 5.41) is 0. The van der Waals surface area contributed by atoms with Gasteiger partial charge in [0.2, 0.25) is 0 Å². The highest BCUT2D eigenvalue weighted by Crippen LogP contribution is 2.35. The van der Waals surface area contributed by atoms with Gasteiger partial charge in [-0.15, -0.1) is 0 Å². The molecule has 1 aliphatic carbocycles. The Balaban J connectivity index is 1.56. The molecule has 0 saturated heterocycles. The smallest absolute Gasteiger partial charge is 0.339 e. The predicted molar refractivity (Wildman–Crippen MR) is 89.6 cm³/mol. The third kappa shape index (κ3) is 2.39. The minimum atomic E-state index is -0.731. The van der Waals surface area contributed by atoms with Gasteiger partial charge in [-0.25, -0.2) is 4.79 Å². The normalized spacial score (nSPS) is 21.6. The molecule has 0 saturated carbocycles. The second-order valence-electron chi connectivity index (χ2n) is 6.46. The molecule has 4 rings (SSSR count). The number of rotatable bonds is 2. The largest absolute Gasteiger partial charge is 0.448 e. The van der Waals surface area contributed by atoms with E-state index < -0.39 is 12.1 Å². The van der Waals surface area contributed by atoms with E-state index in [9.17, 15) is 9.59 Å². The maximum absolute atomic E-state index is 12.9. The Morgan fingerprint density at radius 2 is 1.79 bits per heavy atom. The van der Waals surface area contributed by atoms with Crippen molar-refractivity contribution in [2.45, 2.75) is 31.4 Å². The number of carbonyl (C=O) groups excluding carboxylic acids is 2. The van der Waals surface area contributed by atoms with E-state index in [1.165, 1.54) is 11.1 Å². The fraction of sp³-hybridized carbons (Fsp3) is 0.300. The number of benzene rings is 2. The fourth-order valence-electron chi connectivity index (χ4n) is 3.79. The van der Waals surface area contributed by atoms with Crippen molar-refractivity contribution in [2.24, 2.45) is 0 Å². The van der Waals surface area contributed by atoms with Crippen LogP contribution in [0.3, 0.4) is 0 Å². The van der Waals surface area contributed by atoms with Crippen LogP contribution < -0.4 is 0 Å². The molecule has 2 aromatic carbocycles. The Morgan fingerprint density at radius 1 is 1.08 bits per heavy atom. The van der Waals surface area contributed by atoms with Crippen LogP contribution >= 0.6 is 0 Å². The quantitative estimate of drug-likeness (QED) is 0.799. The Hall–Kier alpha value is -2.62. The lowest BCUT2D eigenvalue weighted by molar-refractivity contribution is -0.142. The van der Waals surface area contributed by atoms with Crippen molar-refractivity contribution in [3.63, 3.8) is 0 Å². The van der Waals surface area contributed by atoms with E-state index in [0.717, 1.165) is 18.4 Å². The average molecular weight is 321 g/mol. The lowest BCUT2D eigenvalue weighted by Gasteiger charge is -2.31. The van der Waals surface area contributed by atoms with Crippen LogP contribution in [0, 0.1) is 0 Å². The summed E-state index contributed by atoms with van der Waals surface area (Å²) in [4.78, 5) is 26.8. The van der Waals surface area contributed by atoms with Crippen molar-refractivity contribution < 1.29 is 14.3 Å². The van der Waals surface area contributed by atoms with Crippen LogP contribution in [0.1, 0.15) is 39.5 Å². The first kappa shape index (κ1) is 14.9. The minimum Gasteiger partial charge on any atom is -0.448 e. The molecule has 0 aromatic heterocycles. The molecule has 0 spiro atoms. The first-order chi connectivity index (χ1) is 11.6. The number of carbonyl (C=O) groups is 2. The molecule has 0 N–H and O–H groups in total. The zero-order valence-electron chi connectivity index (χ0n) is 13.6. The Morgan fingerprint density at radius 3 is 2.62 bits per heavy atom. The lowest BCUT2D eigenvalue weighted by atomic mass is 9.97. The summed E-state index contributed by atoms with van der Waals surface area (Å²) in [5.74, 6) is -0.532. The first-order valence-electron chi connectivity index (χ1n) is 8.28. The third-order valence-electron chi connectivity index (χ3n) is 5.08. The number of nitrogens with zero attached hydrogens (tertiary/aromatic N) is 1. The third-order valence-corrected chi connectivity index (χ3v) is 5.08. The number of amides is 1. The number of ether oxygens (including phenoxy) is 1. The molecule has 2 unspecified atom stereocenters. The van der Waals surface area contributed by atoms with Crippen LogP contribution in [0.4, 0.5) is 0 Å². The predicted octanol–water partition coefficient (Wildman–Crippen LogP) is 2.91. The van der Waals surface area contributed by atoms with E-state index in [4.69, 9.17) is 4.74 Å². The topological polar surface area (TPSA) is 46.6 Å². The van der Waals surface area contributed by atoms with Gasteiger partial charge < -0.3 is 9.64 Å². The van der Waals surface area contributed by atoms with E-state index in [1.807, 2.05) is 37.4 Å². The van der Waals surface area contributed by atoms with Gasteiger partial charge in [0, 0.05) is 13.5 Å². The Kier molecular flexibility index (Phi) is 3.60. The molecule has 2 aliphatic rings. The number of cyclic esters (lactones) is 1. The molecular formula is C20H19NO3. The minimum absolute atomic E-state index is 0.0598. The fourth-order valence-corrected chi connectivity index (χ4v) is 3.79. The standard InChI is InChI=1S/C20H19NO3/c1-21(17-11-10-13-6-2-4-8-15(13)17)19(22)18-12-14-7-3-5-9-16(14)20(23)24-18/h2-9,17-18H,10-12H2,1H3. The highest BCUT2D eigenvalue weighted by atomic mass is 16.5. The zero-order valence-corrected chi connectivity index (χ0v) is 13.6. The molecule has 0 fully saturated rings. The average Bonchev–Trinajstić information content (AvgIpc) is 3.04. The van der Waals surface area contributed by atoms with E-state index >= 15 is 0 Å². The summed E-state index contributed by atoms with van der Waals surface area (Å²) in [5.41, 5.74) is 3.95. The van der Waals surface area contributed by atoms with Gasteiger partial charge >= 0.3 is 5.97 Å². The van der Waals surface area contributed by atoms with Crippen molar-refractivity contribution in [1.82, 2.24) is 4.90 Å². The highest BCUT2D eigenvalue weighted by Gasteiger charge is 2.36. The number of aryl methyl sites for hydroxylation is 1. The molecule has 1 aliphatic heterocycles. The number of fused-ring (bicyclic) bond motifs is 2. The molecule has 24 heavy (non-hydrogen) atoms. The number of hydrogen-bond acceptors (Lipinski definition) is 3. The van der Waals surface area contributed by atoms with Crippen LogP contribution in [0.25, 0.3) is 0 Å². The molecule has 0 radical (unpaired) electrons. The summed E-state index contributed by atoms with van der Waals surface area (Å²) in [6, 6.07) is 15.6. The van der Waals surface area contributed by atoms with E-state index in [2.05, 4.69) is 12.1 Å². The second-order valence-corrected chi connectivity index (χ2v) is 6.46. The summed E-state index contributed by atoms with van der Waals surface area (Å²) in [6.45, 7) is 0. The molecule has 4 heteroatoms. The molecule has 2 aromatic rings. The van der Waals surface area contributed by atoms with Crippen molar-refractivity contribution in [1.29, 1.82) is 0 Å². The molecule has 0 bridgehead atoms. The first-order valence-corrected chi connectivity index (χ1v) is 8.28. The maximum atomic E-state index is 12.9. The van der Waals surface area contributed by atoms with E-state index in [-0.39, 0.29) is 11.9 Å². The maximum Gasteiger partial charge on any atom is 0.339 e. The van der Waals surface area contributed by atoms with Crippen LogP contribution in [0.2, 0.25) is 0 Å². The number of likely N-dealkylation sites (N-methyl/N-ethyl adjacent to an activating group) is 1. The molecule has 4 nitrogen and oxygen atoms in total. The number of esters is 1. The van der Waals surface area contributed by atoms with Gasteiger partial charge in [0.1, 0.15) is 0 Å². The van der Waals surface area contributed by atoms with Crippen LogP contribution in [-0.4, -0.2) is 29.9 Å². The van der Waals surface area contributed by atoms with Gasteiger partial charge in [0.05, 0.1) is 11.6 Å². The van der Waals surface area contributed by atoms with E-state index in [0.29, 0.717) is 12.0 Å². The van der Waals surface area contributed by atoms with Crippen molar-refractivity contribution in [2.75, 3.05) is 7.05 Å². The van der Waals surface area contributed by atoms with Crippen LogP contribution in [0.15, 0.2) is 48.5 Å². The molecule has 1 amide bonds. The molecule has 122 valence electrons. The van der Waals surface area contributed by atoms with Crippen molar-refractivity contribution in [3.05, 3.63) is 70.8 Å². The van der Waals surface area contributed by atoms with Crippen LogP contribution in [0.5, 0.6) is 0 Å². The summed E-state index contributed by atoms with van der Waals surface area (Å²) in [7, 11) is 1.81. The van der Waals surface area contributed by atoms with Gasteiger partial charge in [-0.2, -0.15) is 0 Å². The molecule has 2 atom stereocenters. The van der Waals surface area contributed by atoms with E-state index in [1.54, 1.807) is 11.0 Å². The summed E-state index contributed by atoms with van der Waals surface area (Å²) < 4.78 is 5.41. The van der Waals surface area contributed by atoms with Gasteiger partial charge in [0.15, 0.2) is 6.10 Å². The summed E-state index contributed by atoms with van der Waals surface area (Å²) >= 11 is 0. The summed E-state index contributed by atoms with van der Waals surface area (Å²) in [6.07, 6.45) is 1.61. The second kappa shape index (κ2) is 5.78. The Labute approximate surface area is 141 Å². The Bertz CT molecular complexity index is 814. The van der Waals surface area contributed by atoms with Gasteiger partial charge in [-0.05, 0) is 35.6 Å². The molecular weight excluding hydrogens is 302 g/mol.